The van der Waals surface area contributed by atoms with Crippen LogP contribution in [0.25, 0.3) is 0 Å². The van der Waals surface area contributed by atoms with E-state index < -0.39 is 0 Å². The maximum Gasteiger partial charge on any atom is 0.267 e. The first-order chi connectivity index (χ1) is 8.65. The highest BCUT2D eigenvalue weighted by molar-refractivity contribution is 7.08. The van der Waals surface area contributed by atoms with Crippen LogP contribution in [0.2, 0.25) is 0 Å². The van der Waals surface area contributed by atoms with Gasteiger partial charge in [0, 0.05) is 13.1 Å². The van der Waals surface area contributed by atoms with Gasteiger partial charge in [0.05, 0.1) is 24.5 Å². The van der Waals surface area contributed by atoms with Crippen LogP contribution in [0.5, 0.6) is 0 Å². The van der Waals surface area contributed by atoms with Crippen LogP contribution in [0.4, 0.5) is 0 Å². The lowest BCUT2D eigenvalue weighted by Crippen LogP contribution is -2.50. The summed E-state index contributed by atoms with van der Waals surface area (Å²) < 4.78 is 9.35. The minimum atomic E-state index is -0.302. The van der Waals surface area contributed by atoms with Crippen molar-refractivity contribution in [2.24, 2.45) is 0 Å². The fourth-order valence-electron chi connectivity index (χ4n) is 2.06. The largest absolute Gasteiger partial charge is 0.394 e. The zero-order valence-corrected chi connectivity index (χ0v) is 11.3. The molecular weight excluding hydrogens is 254 g/mol. The number of aryl methyl sites for hydroxylation is 1. The van der Waals surface area contributed by atoms with Crippen LogP contribution in [0.15, 0.2) is 0 Å². The lowest BCUT2D eigenvalue weighted by molar-refractivity contribution is -0.0858. The van der Waals surface area contributed by atoms with Gasteiger partial charge < -0.3 is 14.7 Å². The van der Waals surface area contributed by atoms with Crippen LogP contribution in [0.1, 0.15) is 29.2 Å². The molecule has 0 spiro atoms. The van der Waals surface area contributed by atoms with E-state index in [1.165, 1.54) is 0 Å². The molecule has 1 aromatic heterocycles. The molecule has 2 unspecified atom stereocenters. The zero-order valence-electron chi connectivity index (χ0n) is 10.5. The molecule has 0 aromatic carbocycles. The third kappa shape index (κ3) is 2.68. The summed E-state index contributed by atoms with van der Waals surface area (Å²) >= 11 is 1.13. The SMILES string of the molecule is CCc1nnsc1C(=O)N1CC(C)OC(CO)C1. The van der Waals surface area contributed by atoms with E-state index in [-0.39, 0.29) is 24.7 Å². The molecule has 1 N–H and O–H groups in total. The van der Waals surface area contributed by atoms with Crippen LogP contribution in [-0.2, 0) is 11.2 Å². The van der Waals surface area contributed by atoms with Crippen LogP contribution in [0.3, 0.4) is 0 Å². The summed E-state index contributed by atoms with van der Waals surface area (Å²) in [5.41, 5.74) is 0.740. The van der Waals surface area contributed by atoms with E-state index in [0.29, 0.717) is 24.4 Å². The number of aliphatic hydroxyl groups excluding tert-OH is 1. The number of aromatic nitrogens is 2. The average Bonchev–Trinajstić information content (AvgIpc) is 2.85. The maximum atomic E-state index is 12.4. The van der Waals surface area contributed by atoms with E-state index in [1.807, 2.05) is 13.8 Å². The number of amides is 1. The molecular formula is C11H17N3O3S. The smallest absolute Gasteiger partial charge is 0.267 e. The van der Waals surface area contributed by atoms with Crippen molar-refractivity contribution < 1.29 is 14.6 Å². The summed E-state index contributed by atoms with van der Waals surface area (Å²) in [4.78, 5) is 14.7. The number of morpholine rings is 1. The van der Waals surface area contributed by atoms with Gasteiger partial charge in [-0.05, 0) is 24.9 Å². The Balaban J connectivity index is 2.13. The third-order valence-electron chi connectivity index (χ3n) is 2.90. The molecule has 1 amide bonds. The Morgan fingerprint density at radius 2 is 2.39 bits per heavy atom. The highest BCUT2D eigenvalue weighted by Gasteiger charge is 2.30. The fourth-order valence-corrected chi connectivity index (χ4v) is 2.78. The third-order valence-corrected chi connectivity index (χ3v) is 3.66. The van der Waals surface area contributed by atoms with E-state index in [4.69, 9.17) is 9.84 Å². The van der Waals surface area contributed by atoms with E-state index in [9.17, 15) is 4.79 Å². The molecule has 2 atom stereocenters. The number of carbonyl (C=O) groups excluding carboxylic acids is 1. The normalized spacial score (nSPS) is 24.3. The minimum Gasteiger partial charge on any atom is -0.394 e. The molecule has 18 heavy (non-hydrogen) atoms. The van der Waals surface area contributed by atoms with Gasteiger partial charge in [-0.3, -0.25) is 4.79 Å². The Kier molecular flexibility index (Phi) is 4.26. The van der Waals surface area contributed by atoms with E-state index in [1.54, 1.807) is 4.90 Å². The van der Waals surface area contributed by atoms with E-state index in [0.717, 1.165) is 17.2 Å². The van der Waals surface area contributed by atoms with Crippen LogP contribution in [0, 0.1) is 0 Å². The van der Waals surface area contributed by atoms with Crippen LogP contribution < -0.4 is 0 Å². The molecule has 2 heterocycles. The van der Waals surface area contributed by atoms with E-state index in [2.05, 4.69) is 9.59 Å². The molecule has 0 saturated carbocycles. The highest BCUT2D eigenvalue weighted by atomic mass is 32.1. The number of carbonyl (C=O) groups is 1. The number of ether oxygens (including phenoxy) is 1. The van der Waals surface area contributed by atoms with Gasteiger partial charge in [0.25, 0.3) is 5.91 Å². The van der Waals surface area contributed by atoms with E-state index >= 15 is 0 Å². The Labute approximate surface area is 110 Å². The van der Waals surface area contributed by atoms with Crippen LogP contribution in [-0.4, -0.2) is 57.4 Å². The van der Waals surface area contributed by atoms with Crippen molar-refractivity contribution >= 4 is 17.4 Å². The van der Waals surface area contributed by atoms with Crippen molar-refractivity contribution in [3.63, 3.8) is 0 Å². The van der Waals surface area contributed by atoms with Gasteiger partial charge in [0.1, 0.15) is 4.88 Å². The Bertz CT molecular complexity index is 423. The molecule has 0 bridgehead atoms. The van der Waals surface area contributed by atoms with Crippen molar-refractivity contribution in [2.45, 2.75) is 32.5 Å². The van der Waals surface area contributed by atoms with Crippen molar-refractivity contribution in [3.05, 3.63) is 10.6 Å². The molecule has 1 aliphatic heterocycles. The predicted octanol–water partition coefficient (Wildman–Crippen LogP) is 0.322. The summed E-state index contributed by atoms with van der Waals surface area (Å²) in [6.07, 6.45) is 0.329. The topological polar surface area (TPSA) is 75.6 Å². The lowest BCUT2D eigenvalue weighted by Gasteiger charge is -2.35. The molecule has 2 rings (SSSR count). The van der Waals surface area contributed by atoms with Crippen LogP contribution >= 0.6 is 11.5 Å². The predicted molar refractivity (Wildman–Crippen MR) is 66.6 cm³/mol. The standard InChI is InChI=1S/C11H17N3O3S/c1-3-9-10(18-13-12-9)11(16)14-4-7(2)17-8(5-14)6-15/h7-8,15H,3-6H2,1-2H3. The molecule has 1 fully saturated rings. The second kappa shape index (κ2) is 5.73. The summed E-state index contributed by atoms with van der Waals surface area (Å²) in [5, 5.41) is 13.1. The molecule has 1 aliphatic rings. The van der Waals surface area contributed by atoms with Gasteiger partial charge in [0.2, 0.25) is 0 Å². The zero-order chi connectivity index (χ0) is 13.1. The molecule has 7 heteroatoms. The molecule has 1 saturated heterocycles. The van der Waals surface area contributed by atoms with Gasteiger partial charge in [-0.25, -0.2) is 0 Å². The molecule has 0 aliphatic carbocycles. The Hall–Kier alpha value is -1.05. The summed E-state index contributed by atoms with van der Waals surface area (Å²) in [6.45, 7) is 4.73. The number of hydrogen-bond acceptors (Lipinski definition) is 6. The quantitative estimate of drug-likeness (QED) is 0.857. The van der Waals surface area contributed by atoms with Crippen molar-refractivity contribution in [2.75, 3.05) is 19.7 Å². The van der Waals surface area contributed by atoms with Gasteiger partial charge >= 0.3 is 0 Å². The number of rotatable bonds is 3. The maximum absolute atomic E-state index is 12.4. The van der Waals surface area contributed by atoms with Crippen molar-refractivity contribution in [3.8, 4) is 0 Å². The number of nitrogens with zero attached hydrogens (tertiary/aromatic N) is 3. The first-order valence-electron chi connectivity index (χ1n) is 6.02. The summed E-state index contributed by atoms with van der Waals surface area (Å²) in [6, 6.07) is 0. The second-order valence-corrected chi connectivity index (χ2v) is 5.12. The highest BCUT2D eigenvalue weighted by Crippen LogP contribution is 2.18. The molecule has 0 radical (unpaired) electrons. The van der Waals surface area contributed by atoms with Gasteiger partial charge in [-0.15, -0.1) is 5.10 Å². The summed E-state index contributed by atoms with van der Waals surface area (Å²) in [5.74, 6) is -0.0598. The summed E-state index contributed by atoms with van der Waals surface area (Å²) in [7, 11) is 0. The lowest BCUT2D eigenvalue weighted by atomic mass is 10.2. The first-order valence-corrected chi connectivity index (χ1v) is 6.79. The number of aliphatic hydroxyl groups is 1. The molecule has 100 valence electrons. The van der Waals surface area contributed by atoms with Crippen molar-refractivity contribution in [1.29, 1.82) is 0 Å². The Morgan fingerprint density at radius 3 is 3.06 bits per heavy atom. The average molecular weight is 271 g/mol. The van der Waals surface area contributed by atoms with Crippen molar-refractivity contribution in [1.82, 2.24) is 14.5 Å². The second-order valence-electron chi connectivity index (χ2n) is 4.36. The fraction of sp³-hybridized carbons (Fsp3) is 0.727. The Morgan fingerprint density at radius 1 is 1.61 bits per heavy atom. The minimum absolute atomic E-state index is 0.0598. The monoisotopic (exact) mass is 271 g/mol. The molecule has 1 aromatic rings. The number of hydrogen-bond donors (Lipinski definition) is 1. The van der Waals surface area contributed by atoms with Gasteiger partial charge in [-0.1, -0.05) is 11.4 Å². The first kappa shape index (κ1) is 13.4. The van der Waals surface area contributed by atoms with Gasteiger partial charge in [0.15, 0.2) is 0 Å². The molecule has 6 nitrogen and oxygen atoms in total. The van der Waals surface area contributed by atoms with Gasteiger partial charge in [-0.2, -0.15) is 0 Å².